The van der Waals surface area contributed by atoms with Crippen LogP contribution in [0.3, 0.4) is 0 Å². The maximum absolute atomic E-state index is 12.9. The van der Waals surface area contributed by atoms with E-state index in [1.54, 1.807) is 13.0 Å². The minimum Gasteiger partial charge on any atom is -0.323 e. The number of nitrogens with zero attached hydrogens (tertiary/aromatic N) is 1. The number of unbranched alkanes of at least 4 members (excludes halogenated alkanes) is 1. The first-order valence-corrected chi connectivity index (χ1v) is 5.03. The summed E-state index contributed by atoms with van der Waals surface area (Å²) in [5.41, 5.74) is 7.13. The van der Waals surface area contributed by atoms with E-state index in [9.17, 15) is 4.39 Å². The molecule has 1 aromatic heterocycles. The van der Waals surface area contributed by atoms with Gasteiger partial charge in [0.2, 0.25) is 0 Å². The molecule has 1 rings (SSSR count). The molecule has 0 amide bonds. The lowest BCUT2D eigenvalue weighted by Crippen LogP contribution is -2.12. The van der Waals surface area contributed by atoms with E-state index in [1.165, 1.54) is 6.07 Å². The molecule has 0 saturated carbocycles. The molecule has 0 bridgehead atoms. The van der Waals surface area contributed by atoms with Crippen LogP contribution in [0.5, 0.6) is 0 Å². The van der Waals surface area contributed by atoms with Gasteiger partial charge < -0.3 is 5.73 Å². The van der Waals surface area contributed by atoms with Gasteiger partial charge in [-0.05, 0) is 25.5 Å². The third-order valence-electron chi connectivity index (χ3n) is 2.29. The zero-order valence-electron chi connectivity index (χ0n) is 8.76. The largest absolute Gasteiger partial charge is 0.323 e. The molecular formula is C11H17FN2. The summed E-state index contributed by atoms with van der Waals surface area (Å²) in [7, 11) is 0. The van der Waals surface area contributed by atoms with Crippen LogP contribution in [0.25, 0.3) is 0 Å². The Hall–Kier alpha value is -0.960. The van der Waals surface area contributed by atoms with Crippen LogP contribution in [-0.4, -0.2) is 4.98 Å². The maximum atomic E-state index is 12.9. The second-order valence-electron chi connectivity index (χ2n) is 3.55. The average Bonchev–Trinajstić information content (AvgIpc) is 2.18. The molecular weight excluding hydrogens is 179 g/mol. The zero-order valence-corrected chi connectivity index (χ0v) is 8.76. The zero-order chi connectivity index (χ0) is 10.6. The smallest absolute Gasteiger partial charge is 0.144 e. The van der Waals surface area contributed by atoms with Crippen molar-refractivity contribution in [2.24, 2.45) is 5.73 Å². The van der Waals surface area contributed by atoms with Crippen molar-refractivity contribution >= 4 is 0 Å². The Labute approximate surface area is 84.3 Å². The van der Waals surface area contributed by atoms with Gasteiger partial charge in [-0.3, -0.25) is 4.98 Å². The lowest BCUT2D eigenvalue weighted by molar-refractivity contribution is 0.573. The molecule has 0 spiro atoms. The minimum absolute atomic E-state index is 0.0609. The van der Waals surface area contributed by atoms with Crippen molar-refractivity contribution in [3.63, 3.8) is 0 Å². The van der Waals surface area contributed by atoms with Crippen molar-refractivity contribution in [1.82, 2.24) is 4.98 Å². The number of hydrogen-bond acceptors (Lipinski definition) is 2. The predicted molar refractivity (Wildman–Crippen MR) is 55.4 cm³/mol. The molecule has 78 valence electrons. The van der Waals surface area contributed by atoms with Gasteiger partial charge in [0, 0.05) is 6.04 Å². The van der Waals surface area contributed by atoms with E-state index in [2.05, 4.69) is 11.9 Å². The number of hydrogen-bond donors (Lipinski definition) is 1. The van der Waals surface area contributed by atoms with Crippen LogP contribution in [0.15, 0.2) is 12.1 Å². The molecule has 0 radical (unpaired) electrons. The number of nitrogens with two attached hydrogens (primary N) is 1. The molecule has 0 aliphatic carbocycles. The molecule has 0 saturated heterocycles. The van der Waals surface area contributed by atoms with Crippen LogP contribution in [0.2, 0.25) is 0 Å². The Morgan fingerprint density at radius 1 is 1.50 bits per heavy atom. The summed E-state index contributed by atoms with van der Waals surface area (Å²) in [5, 5.41) is 0. The normalized spacial score (nSPS) is 12.9. The van der Waals surface area contributed by atoms with E-state index in [1.807, 2.05) is 0 Å². The molecule has 1 unspecified atom stereocenters. The Bertz CT molecular complexity index is 299. The van der Waals surface area contributed by atoms with E-state index in [-0.39, 0.29) is 11.9 Å². The first-order chi connectivity index (χ1) is 6.65. The number of halogens is 1. The third kappa shape index (κ3) is 2.77. The molecule has 14 heavy (non-hydrogen) atoms. The lowest BCUT2D eigenvalue weighted by Gasteiger charge is -2.10. The fraction of sp³-hybridized carbons (Fsp3) is 0.545. The van der Waals surface area contributed by atoms with Crippen molar-refractivity contribution in [2.45, 2.75) is 39.2 Å². The van der Waals surface area contributed by atoms with Crippen LogP contribution in [-0.2, 0) is 0 Å². The predicted octanol–water partition coefficient (Wildman–Crippen LogP) is 2.72. The quantitative estimate of drug-likeness (QED) is 0.804. The van der Waals surface area contributed by atoms with Crippen molar-refractivity contribution in [2.75, 3.05) is 0 Å². The number of aryl methyl sites for hydroxylation is 1. The fourth-order valence-electron chi connectivity index (χ4n) is 1.34. The van der Waals surface area contributed by atoms with Crippen LogP contribution in [0, 0.1) is 12.7 Å². The topological polar surface area (TPSA) is 38.9 Å². The lowest BCUT2D eigenvalue weighted by atomic mass is 10.1. The highest BCUT2D eigenvalue weighted by Crippen LogP contribution is 2.15. The molecule has 1 heterocycles. The van der Waals surface area contributed by atoms with Gasteiger partial charge in [0.25, 0.3) is 0 Å². The summed E-state index contributed by atoms with van der Waals surface area (Å²) < 4.78 is 12.9. The SMILES string of the molecule is CCCCC(N)c1ccc(F)c(C)n1. The van der Waals surface area contributed by atoms with Crippen molar-refractivity contribution < 1.29 is 4.39 Å². The van der Waals surface area contributed by atoms with Crippen LogP contribution < -0.4 is 5.73 Å². The van der Waals surface area contributed by atoms with Gasteiger partial charge in [-0.1, -0.05) is 19.8 Å². The van der Waals surface area contributed by atoms with Gasteiger partial charge in [-0.2, -0.15) is 0 Å². The molecule has 2 nitrogen and oxygen atoms in total. The number of rotatable bonds is 4. The van der Waals surface area contributed by atoms with Crippen molar-refractivity contribution in [3.8, 4) is 0 Å². The highest BCUT2D eigenvalue weighted by Gasteiger charge is 2.08. The summed E-state index contributed by atoms with van der Waals surface area (Å²) in [6.07, 6.45) is 3.11. The van der Waals surface area contributed by atoms with E-state index in [4.69, 9.17) is 5.73 Å². The van der Waals surface area contributed by atoms with Gasteiger partial charge >= 0.3 is 0 Å². The highest BCUT2D eigenvalue weighted by atomic mass is 19.1. The Morgan fingerprint density at radius 3 is 2.79 bits per heavy atom. The summed E-state index contributed by atoms with van der Waals surface area (Å²) in [5.74, 6) is -0.267. The molecule has 0 aliphatic heterocycles. The van der Waals surface area contributed by atoms with Gasteiger partial charge in [-0.25, -0.2) is 4.39 Å². The first kappa shape index (κ1) is 11.1. The van der Waals surface area contributed by atoms with E-state index in [0.29, 0.717) is 5.69 Å². The summed E-state index contributed by atoms with van der Waals surface area (Å²) in [4.78, 5) is 4.13. The van der Waals surface area contributed by atoms with Crippen LogP contribution >= 0.6 is 0 Å². The fourth-order valence-corrected chi connectivity index (χ4v) is 1.34. The molecule has 1 atom stereocenters. The second-order valence-corrected chi connectivity index (χ2v) is 3.55. The molecule has 1 aromatic rings. The van der Waals surface area contributed by atoms with Gasteiger partial charge in [0.05, 0.1) is 11.4 Å². The van der Waals surface area contributed by atoms with Gasteiger partial charge in [0.15, 0.2) is 0 Å². The summed E-state index contributed by atoms with van der Waals surface area (Å²) >= 11 is 0. The molecule has 0 aliphatic rings. The van der Waals surface area contributed by atoms with Gasteiger partial charge in [0.1, 0.15) is 5.82 Å². The number of aromatic nitrogens is 1. The molecule has 0 aromatic carbocycles. The molecule has 2 N–H and O–H groups in total. The average molecular weight is 196 g/mol. The van der Waals surface area contributed by atoms with Gasteiger partial charge in [-0.15, -0.1) is 0 Å². The monoisotopic (exact) mass is 196 g/mol. The Morgan fingerprint density at radius 2 is 2.21 bits per heavy atom. The summed E-state index contributed by atoms with van der Waals surface area (Å²) in [6, 6.07) is 3.04. The second kappa shape index (κ2) is 5.05. The standard InChI is InChI=1S/C11H17FN2/c1-3-4-5-10(13)11-7-6-9(12)8(2)14-11/h6-7,10H,3-5,13H2,1-2H3. The van der Waals surface area contributed by atoms with E-state index in [0.717, 1.165) is 25.0 Å². The van der Waals surface area contributed by atoms with Crippen molar-refractivity contribution in [1.29, 1.82) is 0 Å². The van der Waals surface area contributed by atoms with E-state index >= 15 is 0 Å². The van der Waals surface area contributed by atoms with Crippen LogP contribution in [0.1, 0.15) is 43.6 Å². The third-order valence-corrected chi connectivity index (χ3v) is 2.29. The summed E-state index contributed by atoms with van der Waals surface area (Å²) in [6.45, 7) is 3.78. The van der Waals surface area contributed by atoms with E-state index < -0.39 is 0 Å². The number of pyridine rings is 1. The maximum Gasteiger partial charge on any atom is 0.144 e. The highest BCUT2D eigenvalue weighted by molar-refractivity contribution is 5.14. The Balaban J connectivity index is 2.70. The molecule has 0 fully saturated rings. The molecule has 3 heteroatoms. The van der Waals surface area contributed by atoms with Crippen LogP contribution in [0.4, 0.5) is 4.39 Å². The van der Waals surface area contributed by atoms with Crippen molar-refractivity contribution in [3.05, 3.63) is 29.3 Å². The minimum atomic E-state index is -0.267. The Kier molecular flexibility index (Phi) is 4.01. The first-order valence-electron chi connectivity index (χ1n) is 5.03.